The summed E-state index contributed by atoms with van der Waals surface area (Å²) in [4.78, 5) is 11.3. The molecule has 2 rings (SSSR count). The monoisotopic (exact) mass is 243 g/mol. The average Bonchev–Trinajstić information content (AvgIpc) is 2.56. The van der Waals surface area contributed by atoms with E-state index in [1.165, 1.54) is 11.3 Å². The lowest BCUT2D eigenvalue weighted by molar-refractivity contribution is 0.0701. The molecule has 0 aliphatic heterocycles. The first-order chi connectivity index (χ1) is 6.74. The van der Waals surface area contributed by atoms with Crippen molar-refractivity contribution in [3.8, 4) is 0 Å². The van der Waals surface area contributed by atoms with Gasteiger partial charge in [0.15, 0.2) is 0 Å². The molecule has 2 aromatic rings. The largest absolute Gasteiger partial charge is 0.477 e. The van der Waals surface area contributed by atoms with Crippen LogP contribution in [0.4, 0.5) is 0 Å². The van der Waals surface area contributed by atoms with Crippen LogP contribution >= 0.6 is 23.7 Å². The third kappa shape index (κ3) is 1.97. The maximum absolute atomic E-state index is 10.9. The van der Waals surface area contributed by atoms with E-state index < -0.39 is 5.97 Å². The third-order valence-electron chi connectivity index (χ3n) is 2.10. The number of carbonyl (C=O) groups is 1. The fourth-order valence-electron chi connectivity index (χ4n) is 1.47. The summed E-state index contributed by atoms with van der Waals surface area (Å²) in [6, 6.07) is 7.59. The predicted octanol–water partition coefficient (Wildman–Crippen LogP) is 2.48. The van der Waals surface area contributed by atoms with Gasteiger partial charge in [-0.2, -0.15) is 0 Å². The lowest BCUT2D eigenvalue weighted by Crippen LogP contribution is -2.02. The molecule has 0 bridgehead atoms. The Morgan fingerprint density at radius 2 is 2.07 bits per heavy atom. The topological polar surface area (TPSA) is 63.3 Å². The van der Waals surface area contributed by atoms with E-state index in [0.717, 1.165) is 15.6 Å². The van der Waals surface area contributed by atoms with Gasteiger partial charge in [-0.3, -0.25) is 0 Å². The molecule has 0 fully saturated rings. The summed E-state index contributed by atoms with van der Waals surface area (Å²) in [7, 11) is 0. The smallest absolute Gasteiger partial charge is 0.346 e. The first kappa shape index (κ1) is 12.0. The highest BCUT2D eigenvalue weighted by Gasteiger charge is 2.15. The summed E-state index contributed by atoms with van der Waals surface area (Å²) in [5, 5.41) is 9.91. The van der Waals surface area contributed by atoms with Crippen molar-refractivity contribution in [3.05, 3.63) is 34.7 Å². The molecule has 15 heavy (non-hydrogen) atoms. The summed E-state index contributed by atoms with van der Waals surface area (Å²) < 4.78 is 0.977. The molecule has 80 valence electrons. The van der Waals surface area contributed by atoms with Crippen LogP contribution in [-0.2, 0) is 6.54 Å². The number of nitrogens with two attached hydrogens (primary N) is 1. The van der Waals surface area contributed by atoms with Crippen LogP contribution in [0, 0.1) is 0 Å². The molecule has 0 saturated heterocycles. The number of benzene rings is 1. The van der Waals surface area contributed by atoms with Crippen molar-refractivity contribution >= 4 is 39.8 Å². The van der Waals surface area contributed by atoms with Crippen LogP contribution in [0.2, 0.25) is 0 Å². The van der Waals surface area contributed by atoms with Crippen molar-refractivity contribution in [1.29, 1.82) is 0 Å². The van der Waals surface area contributed by atoms with Crippen molar-refractivity contribution in [2.24, 2.45) is 5.73 Å². The lowest BCUT2D eigenvalue weighted by Gasteiger charge is -1.95. The van der Waals surface area contributed by atoms with Gasteiger partial charge in [0.25, 0.3) is 0 Å². The molecule has 3 nitrogen and oxygen atoms in total. The number of carboxylic acid groups (broad SMARTS) is 1. The molecule has 0 amide bonds. The van der Waals surface area contributed by atoms with Crippen LogP contribution in [-0.4, -0.2) is 11.1 Å². The van der Waals surface area contributed by atoms with Gasteiger partial charge < -0.3 is 10.8 Å². The highest BCUT2D eigenvalue weighted by Crippen LogP contribution is 2.30. The Kier molecular flexibility index (Phi) is 3.68. The molecule has 1 aromatic carbocycles. The molecule has 0 aliphatic rings. The zero-order chi connectivity index (χ0) is 10.1. The fraction of sp³-hybridized carbons (Fsp3) is 0.100. The number of hydrogen-bond acceptors (Lipinski definition) is 3. The maximum atomic E-state index is 10.9. The summed E-state index contributed by atoms with van der Waals surface area (Å²) in [5.41, 5.74) is 6.28. The minimum absolute atomic E-state index is 0. The minimum atomic E-state index is -0.897. The van der Waals surface area contributed by atoms with Crippen LogP contribution in [0.3, 0.4) is 0 Å². The first-order valence-electron chi connectivity index (χ1n) is 4.18. The van der Waals surface area contributed by atoms with E-state index in [1.54, 1.807) is 0 Å². The van der Waals surface area contributed by atoms with Crippen LogP contribution in [0.15, 0.2) is 24.3 Å². The second-order valence-electron chi connectivity index (χ2n) is 2.92. The summed E-state index contributed by atoms with van der Waals surface area (Å²) in [6.07, 6.45) is 0. The van der Waals surface area contributed by atoms with Crippen molar-refractivity contribution < 1.29 is 9.90 Å². The Labute approximate surface area is 96.9 Å². The Balaban J connectivity index is 0.00000112. The van der Waals surface area contributed by atoms with E-state index in [9.17, 15) is 4.79 Å². The molecule has 0 radical (unpaired) electrons. The van der Waals surface area contributed by atoms with E-state index >= 15 is 0 Å². The lowest BCUT2D eigenvalue weighted by atomic mass is 10.1. The minimum Gasteiger partial charge on any atom is -0.477 e. The van der Waals surface area contributed by atoms with E-state index in [2.05, 4.69) is 0 Å². The Morgan fingerprint density at radius 3 is 2.67 bits per heavy atom. The molecule has 0 unspecified atom stereocenters. The van der Waals surface area contributed by atoms with E-state index in [-0.39, 0.29) is 19.0 Å². The average molecular weight is 244 g/mol. The third-order valence-corrected chi connectivity index (χ3v) is 3.30. The molecule has 0 spiro atoms. The Hall–Kier alpha value is -1.10. The van der Waals surface area contributed by atoms with Gasteiger partial charge in [0, 0.05) is 11.2 Å². The molecular formula is C10H10ClNO2S. The standard InChI is InChI=1S/C10H9NO2S.ClH/c11-5-7-6-3-1-2-4-8(6)14-9(7)10(12)13;/h1-4H,5,11H2,(H,12,13);1H. The number of aromatic carboxylic acids is 1. The maximum Gasteiger partial charge on any atom is 0.346 e. The highest BCUT2D eigenvalue weighted by molar-refractivity contribution is 7.21. The summed E-state index contributed by atoms with van der Waals surface area (Å²) >= 11 is 1.28. The van der Waals surface area contributed by atoms with E-state index in [0.29, 0.717) is 4.88 Å². The molecule has 5 heteroatoms. The Bertz CT molecular complexity index is 495. The van der Waals surface area contributed by atoms with Crippen molar-refractivity contribution in [1.82, 2.24) is 0 Å². The molecule has 0 saturated carbocycles. The van der Waals surface area contributed by atoms with Gasteiger partial charge in [-0.05, 0) is 17.0 Å². The zero-order valence-corrected chi connectivity index (χ0v) is 9.40. The first-order valence-corrected chi connectivity index (χ1v) is 4.99. The Morgan fingerprint density at radius 1 is 1.40 bits per heavy atom. The molecular weight excluding hydrogens is 234 g/mol. The predicted molar refractivity (Wildman–Crippen MR) is 63.9 cm³/mol. The van der Waals surface area contributed by atoms with E-state index in [1.807, 2.05) is 24.3 Å². The van der Waals surface area contributed by atoms with E-state index in [4.69, 9.17) is 10.8 Å². The van der Waals surface area contributed by atoms with Crippen molar-refractivity contribution in [3.63, 3.8) is 0 Å². The van der Waals surface area contributed by atoms with Crippen LogP contribution in [0.5, 0.6) is 0 Å². The van der Waals surface area contributed by atoms with Gasteiger partial charge in [0.2, 0.25) is 0 Å². The van der Waals surface area contributed by atoms with Gasteiger partial charge >= 0.3 is 5.97 Å². The van der Waals surface area contributed by atoms with Crippen molar-refractivity contribution in [2.45, 2.75) is 6.54 Å². The normalized spacial score (nSPS) is 9.93. The summed E-state index contributed by atoms with van der Waals surface area (Å²) in [5.74, 6) is -0.897. The van der Waals surface area contributed by atoms with Gasteiger partial charge in [0.05, 0.1) is 0 Å². The number of hydrogen-bond donors (Lipinski definition) is 2. The molecule has 0 aliphatic carbocycles. The molecule has 0 atom stereocenters. The zero-order valence-electron chi connectivity index (χ0n) is 7.77. The molecule has 1 heterocycles. The van der Waals surface area contributed by atoms with Crippen LogP contribution in [0.1, 0.15) is 15.2 Å². The fourth-order valence-corrected chi connectivity index (χ4v) is 2.55. The number of fused-ring (bicyclic) bond motifs is 1. The van der Waals surface area contributed by atoms with Gasteiger partial charge in [-0.25, -0.2) is 4.79 Å². The molecule has 3 N–H and O–H groups in total. The quantitative estimate of drug-likeness (QED) is 0.852. The van der Waals surface area contributed by atoms with Gasteiger partial charge in [0.1, 0.15) is 4.88 Å². The van der Waals surface area contributed by atoms with Gasteiger partial charge in [-0.1, -0.05) is 18.2 Å². The SMILES string of the molecule is Cl.NCc1c(C(=O)O)sc2ccccc12. The number of halogens is 1. The second kappa shape index (κ2) is 4.61. The number of carboxylic acids is 1. The van der Waals surface area contributed by atoms with Gasteiger partial charge in [-0.15, -0.1) is 23.7 Å². The van der Waals surface area contributed by atoms with Crippen LogP contribution < -0.4 is 5.73 Å². The summed E-state index contributed by atoms with van der Waals surface area (Å²) in [6.45, 7) is 0.269. The van der Waals surface area contributed by atoms with Crippen LogP contribution in [0.25, 0.3) is 10.1 Å². The molecule has 1 aromatic heterocycles. The number of rotatable bonds is 2. The second-order valence-corrected chi connectivity index (χ2v) is 3.97. The highest BCUT2D eigenvalue weighted by atomic mass is 35.5. The van der Waals surface area contributed by atoms with Crippen molar-refractivity contribution in [2.75, 3.05) is 0 Å². The number of thiophene rings is 1.